The third-order valence-corrected chi connectivity index (χ3v) is 5.53. The summed E-state index contributed by atoms with van der Waals surface area (Å²) in [7, 11) is 0. The van der Waals surface area contributed by atoms with Gasteiger partial charge in [0.15, 0.2) is 28.4 Å². The van der Waals surface area contributed by atoms with Crippen LogP contribution < -0.4 is 32.7 Å². The predicted molar refractivity (Wildman–Crippen MR) is 132 cm³/mol. The molecule has 0 aliphatic carbocycles. The first-order chi connectivity index (χ1) is 16.2. The topological polar surface area (TPSA) is 211 Å². The van der Waals surface area contributed by atoms with Gasteiger partial charge in [-0.3, -0.25) is 25.7 Å². The molecule has 188 valence electrons. The number of rotatable bonds is 10. The summed E-state index contributed by atoms with van der Waals surface area (Å²) in [4.78, 5) is 34.1. The van der Waals surface area contributed by atoms with Gasteiger partial charge in [-0.2, -0.15) is 0 Å². The second-order valence-electron chi connectivity index (χ2n) is 8.08. The van der Waals surface area contributed by atoms with Gasteiger partial charge in [0.25, 0.3) is 5.91 Å². The minimum absolute atomic E-state index is 0.0158. The van der Waals surface area contributed by atoms with Gasteiger partial charge in [0.05, 0.1) is 5.84 Å². The number of amidine groups is 1. The first kappa shape index (κ1) is 27.1. The highest BCUT2D eigenvalue weighted by Gasteiger charge is 2.20. The van der Waals surface area contributed by atoms with Crippen molar-refractivity contribution in [3.63, 3.8) is 0 Å². The van der Waals surface area contributed by atoms with Crippen LogP contribution in [-0.2, 0) is 4.79 Å². The lowest BCUT2D eigenvalue weighted by atomic mass is 10.0. The number of unbranched alkanes of at least 4 members (excludes halogenated alkanes) is 1. The molecule has 0 bridgehead atoms. The molecule has 34 heavy (non-hydrogen) atoms. The van der Waals surface area contributed by atoms with Crippen LogP contribution in [0.3, 0.4) is 0 Å². The van der Waals surface area contributed by atoms with Crippen molar-refractivity contribution in [1.82, 2.24) is 36.1 Å². The zero-order chi connectivity index (χ0) is 25.1. The Morgan fingerprint density at radius 2 is 1.79 bits per heavy atom. The summed E-state index contributed by atoms with van der Waals surface area (Å²) in [5.41, 5.74) is 10.9. The van der Waals surface area contributed by atoms with Crippen LogP contribution in [0.4, 0.5) is 11.6 Å². The molecule has 1 fully saturated rings. The zero-order valence-electron chi connectivity index (χ0n) is 19.3. The Balaban J connectivity index is 1.56. The number of carbonyl (C=O) groups is 2. The van der Waals surface area contributed by atoms with E-state index < -0.39 is 5.91 Å². The molecule has 2 heterocycles. The Labute approximate surface area is 203 Å². The lowest BCUT2D eigenvalue weighted by Gasteiger charge is -2.32. The number of carbonyl (C=O) groups excluding carboxylic acids is 2. The summed E-state index contributed by atoms with van der Waals surface area (Å²) < 4.78 is 0. The average molecular weight is 496 g/mol. The Hall–Kier alpha value is -3.19. The van der Waals surface area contributed by atoms with E-state index in [1.165, 1.54) is 0 Å². The van der Waals surface area contributed by atoms with Gasteiger partial charge >= 0.3 is 0 Å². The standard InChI is InChI=1S/C20H34ClN11O2/c1-12(22)26-8-4-14(33)28-13-5-10-32(11-6-13)9-3-2-7-27-20(25)31-19(34)15-17(23)30-18(24)16(21)29-15/h13H,2-11H2,1H3,(H2,22,26)(H,28,33)(H4,23,24,30)(H3,25,27,31,34). The molecule has 1 saturated heterocycles. The number of hydrogen-bond donors (Lipinski definition) is 8. The van der Waals surface area contributed by atoms with E-state index in [1.54, 1.807) is 6.92 Å². The summed E-state index contributed by atoms with van der Waals surface area (Å²) >= 11 is 5.77. The van der Waals surface area contributed by atoms with Crippen LogP contribution in [0.5, 0.6) is 0 Å². The fraction of sp³-hybridized carbons (Fsp3) is 0.600. The molecule has 1 aromatic rings. The molecule has 0 spiro atoms. The molecule has 0 aromatic carbocycles. The van der Waals surface area contributed by atoms with Crippen molar-refractivity contribution in [3.05, 3.63) is 10.8 Å². The van der Waals surface area contributed by atoms with Gasteiger partial charge in [-0.1, -0.05) is 11.6 Å². The highest BCUT2D eigenvalue weighted by Crippen LogP contribution is 2.17. The first-order valence-corrected chi connectivity index (χ1v) is 11.6. The Kier molecular flexibility index (Phi) is 10.7. The molecule has 10 N–H and O–H groups in total. The van der Waals surface area contributed by atoms with Gasteiger partial charge in [-0.15, -0.1) is 0 Å². The molecule has 1 aliphatic rings. The van der Waals surface area contributed by atoms with E-state index in [0.29, 0.717) is 25.3 Å². The van der Waals surface area contributed by atoms with E-state index in [1.807, 2.05) is 0 Å². The van der Waals surface area contributed by atoms with Crippen LogP contribution in [0.1, 0.15) is 49.5 Å². The van der Waals surface area contributed by atoms with Gasteiger partial charge in [0, 0.05) is 38.6 Å². The molecule has 0 atom stereocenters. The summed E-state index contributed by atoms with van der Waals surface area (Å²) in [5, 5.41) is 26.1. The summed E-state index contributed by atoms with van der Waals surface area (Å²) in [6, 6.07) is 0.199. The van der Waals surface area contributed by atoms with Crippen molar-refractivity contribution in [2.24, 2.45) is 0 Å². The normalized spacial score (nSPS) is 14.3. The molecule has 2 amide bonds. The van der Waals surface area contributed by atoms with Crippen LogP contribution in [0.15, 0.2) is 0 Å². The van der Waals surface area contributed by atoms with E-state index >= 15 is 0 Å². The maximum absolute atomic E-state index is 12.2. The average Bonchev–Trinajstić information content (AvgIpc) is 2.76. The number of nitrogens with one attached hydrogen (secondary N) is 6. The Morgan fingerprint density at radius 1 is 1.09 bits per heavy atom. The van der Waals surface area contributed by atoms with Crippen LogP contribution in [0.25, 0.3) is 0 Å². The molecule has 0 radical (unpaired) electrons. The van der Waals surface area contributed by atoms with Crippen LogP contribution in [0, 0.1) is 10.8 Å². The SMILES string of the molecule is CC(=N)NCCC(=O)NC1CCN(CCCCNC(=N)NC(=O)c2nc(Cl)c(N)nc2N)CC1. The van der Waals surface area contributed by atoms with E-state index in [-0.39, 0.29) is 40.4 Å². The maximum atomic E-state index is 12.2. The number of aromatic nitrogens is 2. The summed E-state index contributed by atoms with van der Waals surface area (Å²) in [6.45, 7) is 5.44. The fourth-order valence-corrected chi connectivity index (χ4v) is 3.59. The van der Waals surface area contributed by atoms with Crippen LogP contribution in [-0.4, -0.2) is 77.2 Å². The number of likely N-dealkylation sites (tertiary alicyclic amines) is 1. The lowest BCUT2D eigenvalue weighted by Crippen LogP contribution is -2.45. The molecule has 0 unspecified atom stereocenters. The van der Waals surface area contributed by atoms with Crippen molar-refractivity contribution >= 4 is 46.8 Å². The minimum Gasteiger partial charge on any atom is -0.382 e. The highest BCUT2D eigenvalue weighted by molar-refractivity contribution is 6.31. The van der Waals surface area contributed by atoms with Crippen LogP contribution in [0.2, 0.25) is 5.15 Å². The fourth-order valence-electron chi connectivity index (χ4n) is 3.46. The van der Waals surface area contributed by atoms with Gasteiger partial charge < -0.3 is 32.3 Å². The van der Waals surface area contributed by atoms with E-state index in [9.17, 15) is 9.59 Å². The molecule has 13 nitrogen and oxygen atoms in total. The second kappa shape index (κ2) is 13.5. The van der Waals surface area contributed by atoms with Crippen molar-refractivity contribution in [3.8, 4) is 0 Å². The van der Waals surface area contributed by atoms with E-state index in [4.69, 9.17) is 33.9 Å². The Bertz CT molecular complexity index is 888. The second-order valence-corrected chi connectivity index (χ2v) is 8.44. The van der Waals surface area contributed by atoms with E-state index in [2.05, 4.69) is 36.1 Å². The quantitative estimate of drug-likeness (QED) is 0.123. The van der Waals surface area contributed by atoms with Gasteiger partial charge in [0.2, 0.25) is 5.91 Å². The predicted octanol–water partition coefficient (Wildman–Crippen LogP) is -0.114. The number of anilines is 2. The molecule has 1 aliphatic heterocycles. The molecular weight excluding hydrogens is 462 g/mol. The minimum atomic E-state index is -0.694. The highest BCUT2D eigenvalue weighted by atomic mass is 35.5. The number of piperidine rings is 1. The number of halogens is 1. The number of nitrogens with two attached hydrogens (primary N) is 2. The first-order valence-electron chi connectivity index (χ1n) is 11.2. The monoisotopic (exact) mass is 495 g/mol. The smallest absolute Gasteiger partial charge is 0.280 e. The lowest BCUT2D eigenvalue weighted by molar-refractivity contribution is -0.121. The van der Waals surface area contributed by atoms with Crippen molar-refractivity contribution in [2.45, 2.75) is 45.1 Å². The molecule has 1 aromatic heterocycles. The summed E-state index contributed by atoms with van der Waals surface area (Å²) in [5.74, 6) is -0.711. The van der Waals surface area contributed by atoms with Crippen molar-refractivity contribution in [2.75, 3.05) is 44.2 Å². The molecule has 14 heteroatoms. The van der Waals surface area contributed by atoms with Crippen molar-refractivity contribution in [1.29, 1.82) is 10.8 Å². The number of amides is 2. The zero-order valence-corrected chi connectivity index (χ0v) is 20.1. The van der Waals surface area contributed by atoms with Crippen LogP contribution >= 0.6 is 11.6 Å². The largest absolute Gasteiger partial charge is 0.382 e. The number of nitrogen functional groups attached to an aromatic ring is 2. The number of guanidine groups is 1. The maximum Gasteiger partial charge on any atom is 0.280 e. The van der Waals surface area contributed by atoms with Gasteiger partial charge in [-0.05, 0) is 39.2 Å². The summed E-state index contributed by atoms with van der Waals surface area (Å²) in [6.07, 6.45) is 3.96. The van der Waals surface area contributed by atoms with Gasteiger partial charge in [0.1, 0.15) is 0 Å². The third kappa shape index (κ3) is 9.35. The third-order valence-electron chi connectivity index (χ3n) is 5.26. The Morgan fingerprint density at radius 3 is 2.47 bits per heavy atom. The number of hydrogen-bond acceptors (Lipinski definition) is 9. The van der Waals surface area contributed by atoms with Gasteiger partial charge in [-0.25, -0.2) is 9.97 Å². The number of nitrogens with zero attached hydrogens (tertiary/aromatic N) is 3. The van der Waals surface area contributed by atoms with Crippen molar-refractivity contribution < 1.29 is 9.59 Å². The molecule has 2 rings (SSSR count). The van der Waals surface area contributed by atoms with E-state index in [0.717, 1.165) is 45.3 Å². The molecule has 0 saturated carbocycles. The molecular formula is C20H34ClN11O2.